The van der Waals surface area contributed by atoms with Crippen LogP contribution in [0.15, 0.2) is 48.5 Å². The van der Waals surface area contributed by atoms with Gasteiger partial charge in [0, 0.05) is 25.7 Å². The molecular weight excluding hydrogens is 709 g/mol. The second-order valence-electron chi connectivity index (χ2n) is 14.5. The van der Waals surface area contributed by atoms with E-state index < -0.39 is 97.8 Å². The Hall–Kier alpha value is -3.94. The molecule has 0 heterocycles. The molecule has 14 heteroatoms. The Morgan fingerprint density at radius 3 is 0.808 bits per heavy atom. The quantitative estimate of drug-likeness (QED) is 0.118. The molecule has 52 heavy (non-hydrogen) atoms. The van der Waals surface area contributed by atoms with Crippen LogP contribution in [0.1, 0.15) is 78.1 Å². The van der Waals surface area contributed by atoms with E-state index >= 15 is 35.1 Å². The highest BCUT2D eigenvalue weighted by Crippen LogP contribution is 2.30. The number of hydrogen-bond acceptors (Lipinski definition) is 0. The first-order valence-electron chi connectivity index (χ1n) is 17.1. The third-order valence-electron chi connectivity index (χ3n) is 10.7. The predicted molar refractivity (Wildman–Crippen MR) is 174 cm³/mol. The van der Waals surface area contributed by atoms with Crippen LogP contribution in [0.5, 0.6) is 0 Å². The Morgan fingerprint density at radius 2 is 0.577 bits per heavy atom. The zero-order valence-corrected chi connectivity index (χ0v) is 28.4. The zero-order valence-electron chi connectivity index (χ0n) is 28.4. The molecule has 0 unspecified atom stereocenters. The van der Waals surface area contributed by atoms with Crippen LogP contribution in [-0.2, 0) is 0 Å². The second-order valence-corrected chi connectivity index (χ2v) is 14.5. The predicted octanol–water partition coefficient (Wildman–Crippen LogP) is 7.73. The highest BCUT2D eigenvalue weighted by Gasteiger charge is 2.48. The highest BCUT2D eigenvalue weighted by molar-refractivity contribution is 7.20. The van der Waals surface area contributed by atoms with Crippen molar-refractivity contribution in [2.24, 2.45) is 0 Å². The molecule has 0 aromatic heterocycles. The normalized spacial score (nSPS) is 17.0. The molecule has 0 saturated heterocycles. The van der Waals surface area contributed by atoms with Crippen molar-refractivity contribution < 1.29 is 58.0 Å². The molecule has 2 aliphatic carbocycles. The van der Waals surface area contributed by atoms with E-state index in [9.17, 15) is 17.6 Å². The van der Waals surface area contributed by atoms with Crippen molar-refractivity contribution in [1.29, 1.82) is 0 Å². The van der Waals surface area contributed by atoms with Crippen molar-refractivity contribution in [3.8, 4) is 0 Å². The topological polar surface area (TPSA) is 16.6 Å². The lowest BCUT2D eigenvalue weighted by Gasteiger charge is -2.44. The van der Waals surface area contributed by atoms with E-state index in [1.54, 1.807) is 0 Å². The summed E-state index contributed by atoms with van der Waals surface area (Å²) < 4.78 is 180. The van der Waals surface area contributed by atoms with Gasteiger partial charge in [-0.1, -0.05) is 12.8 Å². The van der Waals surface area contributed by atoms with Gasteiger partial charge in [-0.15, -0.1) is 21.9 Å². The SMILES string of the molecule is CC1([NH2+]C2(C)CCCCC2)CCCCC1.Fc1ccc(F)c([B-](c2c(F)ccc(F)c2F)(c2c(F)ccc(F)c2F)c2c(F)ccc(F)c2F)c1F. The molecule has 4 aromatic rings. The molecular formula is C38H36BF12N. The molecule has 0 atom stereocenters. The lowest BCUT2D eigenvalue weighted by molar-refractivity contribution is -0.789. The van der Waals surface area contributed by atoms with Crippen molar-refractivity contribution >= 4 is 28.0 Å². The first-order valence-corrected chi connectivity index (χ1v) is 17.1. The van der Waals surface area contributed by atoms with Gasteiger partial charge in [-0.3, -0.25) is 0 Å². The Bertz CT molecular complexity index is 1700. The molecule has 6 rings (SSSR count). The lowest BCUT2D eigenvalue weighted by atomic mass is 9.12. The van der Waals surface area contributed by atoms with E-state index in [0.29, 0.717) is 11.1 Å². The van der Waals surface area contributed by atoms with Crippen LogP contribution in [0.25, 0.3) is 0 Å². The second kappa shape index (κ2) is 15.2. The van der Waals surface area contributed by atoms with Crippen LogP contribution < -0.4 is 27.2 Å². The fraction of sp³-hybridized carbons (Fsp3) is 0.368. The Balaban J connectivity index is 0.000000289. The van der Waals surface area contributed by atoms with Gasteiger partial charge < -0.3 is 5.32 Å². The minimum atomic E-state index is -5.46. The highest BCUT2D eigenvalue weighted by atomic mass is 19.2. The fourth-order valence-corrected chi connectivity index (χ4v) is 8.47. The van der Waals surface area contributed by atoms with Gasteiger partial charge in [0.2, 0.25) is 0 Å². The summed E-state index contributed by atoms with van der Waals surface area (Å²) in [5.41, 5.74) is -7.43. The van der Waals surface area contributed by atoms with Gasteiger partial charge in [-0.05, 0) is 88.1 Å². The van der Waals surface area contributed by atoms with Gasteiger partial charge in [0.25, 0.3) is 0 Å². The summed E-state index contributed by atoms with van der Waals surface area (Å²) >= 11 is 0. The average molecular weight is 746 g/mol. The molecule has 0 spiro atoms. The Kier molecular flexibility index (Phi) is 11.5. The molecule has 2 saturated carbocycles. The number of nitrogens with two attached hydrogens (primary N) is 1. The molecule has 0 radical (unpaired) electrons. The smallest absolute Gasteiger partial charge is 0.155 e. The molecule has 1 nitrogen and oxygen atoms in total. The minimum absolute atomic E-state index is 0.0591. The third-order valence-corrected chi connectivity index (χ3v) is 10.7. The van der Waals surface area contributed by atoms with E-state index in [1.165, 1.54) is 64.2 Å². The van der Waals surface area contributed by atoms with Crippen LogP contribution in [-0.4, -0.2) is 17.2 Å². The molecule has 0 aliphatic heterocycles. The van der Waals surface area contributed by atoms with Gasteiger partial charge in [0.15, 0.2) is 23.3 Å². The zero-order chi connectivity index (χ0) is 38.2. The summed E-state index contributed by atoms with van der Waals surface area (Å²) in [6.07, 6.45) is 9.12. The van der Waals surface area contributed by atoms with Gasteiger partial charge in [0.05, 0.1) is 34.3 Å². The summed E-state index contributed by atoms with van der Waals surface area (Å²) in [5, 5.41) is 2.76. The number of rotatable bonds is 6. The first-order chi connectivity index (χ1) is 24.5. The minimum Gasteiger partial charge on any atom is -0.337 e. The molecule has 0 bridgehead atoms. The van der Waals surface area contributed by atoms with Crippen LogP contribution in [0, 0.1) is 69.8 Å². The summed E-state index contributed by atoms with van der Waals surface area (Å²) in [4.78, 5) is 0. The van der Waals surface area contributed by atoms with Gasteiger partial charge in [0.1, 0.15) is 29.4 Å². The van der Waals surface area contributed by atoms with E-state index in [4.69, 9.17) is 0 Å². The van der Waals surface area contributed by atoms with Crippen molar-refractivity contribution in [3.05, 3.63) is 118 Å². The molecule has 2 aliphatic rings. The lowest BCUT2D eigenvalue weighted by Crippen LogP contribution is -3.05. The van der Waals surface area contributed by atoms with Crippen molar-refractivity contribution in [2.45, 2.75) is 89.1 Å². The average Bonchev–Trinajstić information content (AvgIpc) is 3.09. The van der Waals surface area contributed by atoms with Crippen LogP contribution in [0.2, 0.25) is 0 Å². The van der Waals surface area contributed by atoms with E-state index in [2.05, 4.69) is 19.2 Å². The summed E-state index contributed by atoms with van der Waals surface area (Å²) in [5.74, 6) is -26.6. The van der Waals surface area contributed by atoms with Gasteiger partial charge in [-0.2, -0.15) is 0 Å². The largest absolute Gasteiger partial charge is 0.337 e. The summed E-state index contributed by atoms with van der Waals surface area (Å²) in [7, 11) is 0. The maximum atomic E-state index is 15.3. The van der Waals surface area contributed by atoms with Gasteiger partial charge in [-0.25, -0.2) is 52.7 Å². The monoisotopic (exact) mass is 745 g/mol. The molecule has 4 aromatic carbocycles. The first kappa shape index (κ1) is 39.3. The fourth-order valence-electron chi connectivity index (χ4n) is 8.47. The van der Waals surface area contributed by atoms with Crippen molar-refractivity contribution in [3.63, 3.8) is 0 Å². The van der Waals surface area contributed by atoms with Crippen LogP contribution >= 0.6 is 0 Å². The van der Waals surface area contributed by atoms with Crippen molar-refractivity contribution in [1.82, 2.24) is 0 Å². The maximum absolute atomic E-state index is 15.3. The number of benzene rings is 4. The van der Waals surface area contributed by atoms with E-state index in [0.717, 1.165) is 0 Å². The summed E-state index contributed by atoms with van der Waals surface area (Å²) in [6, 6.07) is 0.641. The summed E-state index contributed by atoms with van der Waals surface area (Å²) in [6.45, 7) is 5.01. The third kappa shape index (κ3) is 7.19. The van der Waals surface area contributed by atoms with E-state index in [1.807, 2.05) is 0 Å². The standard InChI is InChI=1S/C24H8BF12.C14H27N/c26-9-1-5-13(30)21(34)17(9)25(18-10(27)2-6-14(31)22(18)35,19-11(28)3-7-15(32)23(19)36)20-12(29)4-8-16(33)24(20)37;1-13(9-5-3-6-10-13)15-14(2)11-7-4-8-12-14/h1-8H;15H,3-12H2,1-2H3/q-1;/p+1. The molecule has 2 N–H and O–H groups in total. The number of quaternary nitrogens is 1. The maximum Gasteiger partial charge on any atom is 0.155 e. The molecule has 2 fully saturated rings. The van der Waals surface area contributed by atoms with Crippen LogP contribution in [0.4, 0.5) is 52.7 Å². The van der Waals surface area contributed by atoms with E-state index in [-0.39, 0.29) is 48.5 Å². The molecule has 0 amide bonds. The number of halogens is 12. The van der Waals surface area contributed by atoms with Gasteiger partial charge >= 0.3 is 0 Å². The van der Waals surface area contributed by atoms with Crippen molar-refractivity contribution in [2.75, 3.05) is 0 Å². The molecule has 280 valence electrons. The Morgan fingerprint density at radius 1 is 0.365 bits per heavy atom. The Labute approximate surface area is 293 Å². The number of hydrogen-bond donors (Lipinski definition) is 1. The van der Waals surface area contributed by atoms with Crippen LogP contribution in [0.3, 0.4) is 0 Å².